The maximum atomic E-state index is 3.58. The molecule has 17 heavy (non-hydrogen) atoms. The minimum Gasteiger partial charge on any atom is -0.384 e. The molecule has 1 saturated heterocycles. The topological polar surface area (TPSA) is 15.3 Å². The van der Waals surface area contributed by atoms with Crippen molar-refractivity contribution in [3.05, 3.63) is 28.8 Å². The number of nitrogens with zero attached hydrogens (tertiary/aromatic N) is 1. The number of likely N-dealkylation sites (tertiary alicyclic amines) is 1. The van der Waals surface area contributed by atoms with Crippen LogP contribution < -0.4 is 5.32 Å². The van der Waals surface area contributed by atoms with Crippen LogP contribution in [-0.4, -0.2) is 24.5 Å². The summed E-state index contributed by atoms with van der Waals surface area (Å²) in [6.45, 7) is 8.14. The Morgan fingerprint density at radius 1 is 1.18 bits per heavy atom. The van der Waals surface area contributed by atoms with Gasteiger partial charge in [-0.1, -0.05) is 17.7 Å². The van der Waals surface area contributed by atoms with Crippen LogP contribution in [0.15, 0.2) is 12.1 Å². The van der Waals surface area contributed by atoms with Crippen LogP contribution in [-0.2, 0) is 0 Å². The number of benzene rings is 1. The number of nitrogens with one attached hydrogen (secondary N) is 1. The van der Waals surface area contributed by atoms with Crippen molar-refractivity contribution in [1.29, 1.82) is 0 Å². The molecule has 1 aromatic carbocycles. The second kappa shape index (κ2) is 4.34. The first-order chi connectivity index (χ1) is 8.25. The second-order valence-electron chi connectivity index (χ2n) is 5.52. The Morgan fingerprint density at radius 2 is 1.94 bits per heavy atom. The third-order valence-electron chi connectivity index (χ3n) is 4.17. The van der Waals surface area contributed by atoms with Gasteiger partial charge in [-0.2, -0.15) is 0 Å². The van der Waals surface area contributed by atoms with Crippen molar-refractivity contribution < 1.29 is 0 Å². The molecule has 0 radical (unpaired) electrons. The van der Waals surface area contributed by atoms with E-state index < -0.39 is 0 Å². The van der Waals surface area contributed by atoms with Crippen molar-refractivity contribution >= 4 is 5.69 Å². The molecule has 1 aromatic rings. The molecular weight excluding hydrogens is 208 g/mol. The predicted molar refractivity (Wildman–Crippen MR) is 72.6 cm³/mol. The Hall–Kier alpha value is -1.02. The lowest BCUT2D eigenvalue weighted by molar-refractivity contribution is 0.234. The summed E-state index contributed by atoms with van der Waals surface area (Å²) >= 11 is 0. The molecule has 0 spiro atoms. The highest BCUT2D eigenvalue weighted by Gasteiger charge is 2.28. The van der Waals surface area contributed by atoms with Crippen LogP contribution in [0.1, 0.15) is 42.0 Å². The van der Waals surface area contributed by atoms with Crippen molar-refractivity contribution in [2.75, 3.05) is 25.0 Å². The average Bonchev–Trinajstić information content (AvgIpc) is 2.81. The summed E-state index contributed by atoms with van der Waals surface area (Å²) in [5.41, 5.74) is 5.74. The van der Waals surface area contributed by atoms with E-state index in [1.54, 1.807) is 0 Å². The van der Waals surface area contributed by atoms with Gasteiger partial charge in [0, 0.05) is 18.3 Å². The van der Waals surface area contributed by atoms with E-state index in [0.29, 0.717) is 6.04 Å². The van der Waals surface area contributed by atoms with E-state index in [9.17, 15) is 0 Å². The van der Waals surface area contributed by atoms with Gasteiger partial charge in [0.25, 0.3) is 0 Å². The molecule has 0 saturated carbocycles. The largest absolute Gasteiger partial charge is 0.384 e. The van der Waals surface area contributed by atoms with Gasteiger partial charge in [-0.25, -0.2) is 0 Å². The van der Waals surface area contributed by atoms with Gasteiger partial charge >= 0.3 is 0 Å². The van der Waals surface area contributed by atoms with Crippen LogP contribution in [0.5, 0.6) is 0 Å². The van der Waals surface area contributed by atoms with Crippen LogP contribution >= 0.6 is 0 Å². The summed E-state index contributed by atoms with van der Waals surface area (Å²) in [6.07, 6.45) is 4.02. The fourth-order valence-electron chi connectivity index (χ4n) is 3.43. The number of anilines is 1. The predicted octanol–water partition coefficient (Wildman–Crippen LogP) is 3.26. The minimum atomic E-state index is 0.660. The Labute approximate surface area is 104 Å². The van der Waals surface area contributed by atoms with E-state index in [-0.39, 0.29) is 0 Å². The van der Waals surface area contributed by atoms with E-state index in [2.05, 4.69) is 36.2 Å². The second-order valence-corrected chi connectivity index (χ2v) is 5.52. The quantitative estimate of drug-likeness (QED) is 0.796. The number of fused-ring (bicyclic) bond motifs is 1. The molecule has 0 aliphatic carbocycles. The molecule has 0 amide bonds. The van der Waals surface area contributed by atoms with Crippen LogP contribution in [0.25, 0.3) is 0 Å². The summed E-state index contributed by atoms with van der Waals surface area (Å²) in [5.74, 6) is 0. The van der Waals surface area contributed by atoms with Crippen LogP contribution in [0, 0.1) is 13.8 Å². The Morgan fingerprint density at radius 3 is 2.71 bits per heavy atom. The van der Waals surface area contributed by atoms with Gasteiger partial charge in [0.2, 0.25) is 0 Å². The molecule has 2 heterocycles. The zero-order chi connectivity index (χ0) is 11.8. The third kappa shape index (κ3) is 1.95. The van der Waals surface area contributed by atoms with Gasteiger partial charge in [0.15, 0.2) is 0 Å². The lowest BCUT2D eigenvalue weighted by Gasteiger charge is -2.34. The molecule has 1 atom stereocenters. The summed E-state index contributed by atoms with van der Waals surface area (Å²) in [7, 11) is 0. The molecule has 3 rings (SSSR count). The van der Waals surface area contributed by atoms with Crippen LogP contribution in [0.2, 0.25) is 0 Å². The normalized spacial score (nSPS) is 24.5. The van der Waals surface area contributed by atoms with E-state index >= 15 is 0 Å². The first kappa shape index (κ1) is 11.1. The summed E-state index contributed by atoms with van der Waals surface area (Å²) in [6, 6.07) is 5.34. The molecule has 92 valence electrons. The lowest BCUT2D eigenvalue weighted by atomic mass is 9.92. The Bertz CT molecular complexity index is 419. The van der Waals surface area contributed by atoms with E-state index in [1.807, 2.05) is 0 Å². The first-order valence-electron chi connectivity index (χ1n) is 6.85. The van der Waals surface area contributed by atoms with Gasteiger partial charge in [-0.15, -0.1) is 0 Å². The van der Waals surface area contributed by atoms with E-state index in [4.69, 9.17) is 0 Å². The first-order valence-corrected chi connectivity index (χ1v) is 6.85. The van der Waals surface area contributed by atoms with Gasteiger partial charge < -0.3 is 5.32 Å². The fraction of sp³-hybridized carbons (Fsp3) is 0.600. The molecule has 2 nitrogen and oxygen atoms in total. The standard InChI is InChI=1S/C15H22N2/c1-11-9-12(2)15-13(10-11)14(5-6-16-15)17-7-3-4-8-17/h9-10,14,16H,3-8H2,1-2H3. The van der Waals surface area contributed by atoms with E-state index in [1.165, 1.54) is 54.7 Å². The lowest BCUT2D eigenvalue weighted by Crippen LogP contribution is -2.31. The molecule has 1 unspecified atom stereocenters. The SMILES string of the molecule is Cc1cc(C)c2c(c1)C(N1CCCC1)CCN2. The van der Waals surface area contributed by atoms with Gasteiger partial charge in [-0.3, -0.25) is 4.90 Å². The molecular formula is C15H22N2. The number of hydrogen-bond acceptors (Lipinski definition) is 2. The Balaban J connectivity index is 2.00. The number of hydrogen-bond donors (Lipinski definition) is 1. The van der Waals surface area contributed by atoms with Crippen molar-refractivity contribution in [1.82, 2.24) is 4.90 Å². The van der Waals surface area contributed by atoms with E-state index in [0.717, 1.165) is 6.54 Å². The molecule has 0 aromatic heterocycles. The average molecular weight is 230 g/mol. The van der Waals surface area contributed by atoms with Crippen LogP contribution in [0.3, 0.4) is 0 Å². The fourth-order valence-corrected chi connectivity index (χ4v) is 3.43. The smallest absolute Gasteiger partial charge is 0.0418 e. The molecule has 2 aliphatic rings. The minimum absolute atomic E-state index is 0.660. The summed E-state index contributed by atoms with van der Waals surface area (Å²) in [4.78, 5) is 2.68. The van der Waals surface area contributed by atoms with Gasteiger partial charge in [0.1, 0.15) is 0 Å². The zero-order valence-corrected chi connectivity index (χ0v) is 10.9. The van der Waals surface area contributed by atoms with Gasteiger partial charge in [0.05, 0.1) is 0 Å². The maximum absolute atomic E-state index is 3.58. The molecule has 1 fully saturated rings. The molecule has 2 heteroatoms. The molecule has 2 aliphatic heterocycles. The zero-order valence-electron chi connectivity index (χ0n) is 10.9. The molecule has 0 bridgehead atoms. The van der Waals surface area contributed by atoms with Crippen LogP contribution in [0.4, 0.5) is 5.69 Å². The monoisotopic (exact) mass is 230 g/mol. The summed E-state index contributed by atoms with van der Waals surface area (Å²) in [5, 5.41) is 3.58. The highest BCUT2D eigenvalue weighted by Crippen LogP contribution is 2.38. The van der Waals surface area contributed by atoms with Crippen molar-refractivity contribution in [2.45, 2.75) is 39.2 Å². The number of aryl methyl sites for hydroxylation is 2. The Kier molecular flexibility index (Phi) is 2.83. The summed E-state index contributed by atoms with van der Waals surface area (Å²) < 4.78 is 0. The highest BCUT2D eigenvalue weighted by molar-refractivity contribution is 5.61. The van der Waals surface area contributed by atoms with Crippen molar-refractivity contribution in [3.8, 4) is 0 Å². The van der Waals surface area contributed by atoms with Crippen molar-refractivity contribution in [3.63, 3.8) is 0 Å². The highest BCUT2D eigenvalue weighted by atomic mass is 15.2. The number of rotatable bonds is 1. The van der Waals surface area contributed by atoms with Gasteiger partial charge in [-0.05, 0) is 57.3 Å². The maximum Gasteiger partial charge on any atom is 0.0418 e. The molecule has 1 N–H and O–H groups in total. The third-order valence-corrected chi connectivity index (χ3v) is 4.17. The van der Waals surface area contributed by atoms with Crippen molar-refractivity contribution in [2.24, 2.45) is 0 Å².